The summed E-state index contributed by atoms with van der Waals surface area (Å²) in [6, 6.07) is 8.92. The van der Waals surface area contributed by atoms with Crippen molar-refractivity contribution in [2.45, 2.75) is 19.4 Å². The fraction of sp³-hybridized carbons (Fsp3) is 0.385. The fourth-order valence-corrected chi connectivity index (χ4v) is 1.65. The van der Waals surface area contributed by atoms with Gasteiger partial charge >= 0.3 is 12.1 Å². The number of halogens is 1. The summed E-state index contributed by atoms with van der Waals surface area (Å²) in [6.07, 6.45) is -0.0201. The maximum absolute atomic E-state index is 11.5. The Hall–Kier alpha value is -1.79. The molecule has 0 aliphatic carbocycles. The van der Waals surface area contributed by atoms with Gasteiger partial charge in [0.1, 0.15) is 12.6 Å². The molecule has 112 valence electrons. The van der Waals surface area contributed by atoms with Gasteiger partial charge in [0.2, 0.25) is 0 Å². The summed E-state index contributed by atoms with van der Waals surface area (Å²) in [5.41, 5.74) is 10.1. The summed E-state index contributed by atoms with van der Waals surface area (Å²) < 4.78 is 5.01. The minimum absolute atomic E-state index is 0. The fourth-order valence-electron chi connectivity index (χ4n) is 1.65. The summed E-state index contributed by atoms with van der Waals surface area (Å²) >= 11 is 0. The Labute approximate surface area is 124 Å². The van der Waals surface area contributed by atoms with Crippen LogP contribution in [0, 0.1) is 0 Å². The third kappa shape index (κ3) is 5.90. The standard InChI is InChI=1S/C13H19N3O3.ClH/c1-2-16(12(15)17)13(18)19-9-11(14)8-10-6-4-3-5-7-10;/h3-7,11H,2,8-9,14H2,1H3,(H2,15,17);1H/t11-;/m1./s1. The quantitative estimate of drug-likeness (QED) is 0.623. The monoisotopic (exact) mass is 301 g/mol. The van der Waals surface area contributed by atoms with Crippen LogP contribution in [0.2, 0.25) is 0 Å². The van der Waals surface area contributed by atoms with Crippen LogP contribution in [0.25, 0.3) is 0 Å². The molecule has 0 unspecified atom stereocenters. The third-order valence-corrected chi connectivity index (χ3v) is 2.61. The van der Waals surface area contributed by atoms with Gasteiger partial charge in [-0.15, -0.1) is 0 Å². The highest BCUT2D eigenvalue weighted by molar-refractivity contribution is 5.89. The average Bonchev–Trinajstić information content (AvgIpc) is 2.38. The van der Waals surface area contributed by atoms with Gasteiger partial charge in [-0.1, -0.05) is 30.3 Å². The number of urea groups is 1. The molecule has 0 spiro atoms. The minimum Gasteiger partial charge on any atom is -1.00 e. The lowest BCUT2D eigenvalue weighted by Gasteiger charge is -2.17. The highest BCUT2D eigenvalue weighted by Crippen LogP contribution is 2.02. The molecule has 1 rings (SSSR count). The zero-order valence-corrected chi connectivity index (χ0v) is 12.2. The maximum Gasteiger partial charge on any atom is 0.418 e. The first kappa shape index (κ1) is 18.2. The first-order chi connectivity index (χ1) is 9.04. The maximum atomic E-state index is 11.5. The number of nitrogens with two attached hydrogens (primary N) is 1. The van der Waals surface area contributed by atoms with Crippen molar-refractivity contribution in [3.05, 3.63) is 35.9 Å². The van der Waals surface area contributed by atoms with E-state index in [-0.39, 0.29) is 31.6 Å². The number of hydrogen-bond acceptors (Lipinski definition) is 3. The molecule has 3 amide bonds. The zero-order valence-electron chi connectivity index (χ0n) is 11.4. The first-order valence-electron chi connectivity index (χ1n) is 6.15. The second kappa shape index (κ2) is 9.17. The van der Waals surface area contributed by atoms with Crippen LogP contribution in [-0.2, 0) is 11.2 Å². The molecule has 0 bridgehead atoms. The molecule has 7 heteroatoms. The molecule has 6 nitrogen and oxygen atoms in total. The van der Waals surface area contributed by atoms with Crippen molar-refractivity contribution in [3.8, 4) is 0 Å². The number of primary amides is 1. The molecule has 0 heterocycles. The number of quaternary nitrogens is 1. The molecule has 0 aromatic heterocycles. The van der Waals surface area contributed by atoms with Crippen LogP contribution >= 0.6 is 0 Å². The highest BCUT2D eigenvalue weighted by atomic mass is 35.5. The lowest BCUT2D eigenvalue weighted by molar-refractivity contribution is -0.424. The van der Waals surface area contributed by atoms with Gasteiger partial charge in [-0.3, -0.25) is 0 Å². The number of benzene rings is 1. The molecule has 20 heavy (non-hydrogen) atoms. The molecule has 0 saturated heterocycles. The molecule has 1 aromatic carbocycles. The largest absolute Gasteiger partial charge is 1.00 e. The second-order valence-corrected chi connectivity index (χ2v) is 4.22. The van der Waals surface area contributed by atoms with Crippen molar-refractivity contribution in [2.24, 2.45) is 5.73 Å². The van der Waals surface area contributed by atoms with E-state index in [0.717, 1.165) is 10.5 Å². The molecule has 0 radical (unpaired) electrons. The molecule has 0 fully saturated rings. The molecule has 0 aliphatic heterocycles. The van der Waals surface area contributed by atoms with E-state index in [2.05, 4.69) is 5.73 Å². The summed E-state index contributed by atoms with van der Waals surface area (Å²) in [6.45, 7) is 1.99. The highest BCUT2D eigenvalue weighted by Gasteiger charge is 2.20. The smallest absolute Gasteiger partial charge is 0.418 e. The second-order valence-electron chi connectivity index (χ2n) is 4.22. The summed E-state index contributed by atoms with van der Waals surface area (Å²) in [4.78, 5) is 23.3. The normalized spacial score (nSPS) is 11.1. The van der Waals surface area contributed by atoms with E-state index in [0.29, 0.717) is 6.42 Å². The van der Waals surface area contributed by atoms with Crippen LogP contribution in [0.3, 0.4) is 0 Å². The Morgan fingerprint density at radius 1 is 1.35 bits per heavy atom. The minimum atomic E-state index is -0.809. The molecule has 1 aromatic rings. The van der Waals surface area contributed by atoms with Crippen LogP contribution in [0.4, 0.5) is 9.59 Å². The summed E-state index contributed by atoms with van der Waals surface area (Å²) in [5.74, 6) is 0. The Kier molecular flexibility index (Phi) is 8.35. The van der Waals surface area contributed by atoms with Gasteiger partial charge in [0.15, 0.2) is 0 Å². The van der Waals surface area contributed by atoms with Crippen molar-refractivity contribution < 1.29 is 32.5 Å². The van der Waals surface area contributed by atoms with Crippen LogP contribution in [-0.4, -0.2) is 36.2 Å². The predicted molar refractivity (Wildman–Crippen MR) is 70.1 cm³/mol. The van der Waals surface area contributed by atoms with Crippen LogP contribution < -0.4 is 23.9 Å². The molecule has 0 saturated carbocycles. The Bertz CT molecular complexity index is 428. The number of amides is 3. The van der Waals surface area contributed by atoms with Crippen LogP contribution in [0.5, 0.6) is 0 Å². The summed E-state index contributed by atoms with van der Waals surface area (Å²) in [7, 11) is 0. The Morgan fingerprint density at radius 2 is 1.95 bits per heavy atom. The number of ether oxygens (including phenoxy) is 1. The molecule has 1 atom stereocenters. The van der Waals surface area contributed by atoms with E-state index >= 15 is 0 Å². The molecular formula is C13H20ClN3O3. The van der Waals surface area contributed by atoms with E-state index in [1.54, 1.807) is 6.92 Å². The van der Waals surface area contributed by atoms with Gasteiger partial charge in [0.25, 0.3) is 0 Å². The van der Waals surface area contributed by atoms with Gasteiger partial charge in [0, 0.05) is 13.0 Å². The lowest BCUT2D eigenvalue weighted by Crippen LogP contribution is -3.00. The average molecular weight is 302 g/mol. The molecular weight excluding hydrogens is 282 g/mol. The van der Waals surface area contributed by atoms with Crippen molar-refractivity contribution in [2.75, 3.05) is 13.2 Å². The SMILES string of the molecule is CCN(C(N)=O)C(=O)OC[C@H]([NH3+])Cc1ccccc1.[Cl-]. The van der Waals surface area contributed by atoms with Crippen molar-refractivity contribution in [3.63, 3.8) is 0 Å². The lowest BCUT2D eigenvalue weighted by atomic mass is 10.1. The van der Waals surface area contributed by atoms with Gasteiger partial charge in [-0.2, -0.15) is 0 Å². The molecule has 0 aliphatic rings. The zero-order chi connectivity index (χ0) is 14.3. The number of imide groups is 1. The number of nitrogens with zero attached hydrogens (tertiary/aromatic N) is 1. The van der Waals surface area contributed by atoms with Crippen molar-refractivity contribution in [1.82, 2.24) is 4.90 Å². The Balaban J connectivity index is 0.00000361. The topological polar surface area (TPSA) is 100 Å². The van der Waals surface area contributed by atoms with E-state index in [4.69, 9.17) is 10.5 Å². The summed E-state index contributed by atoms with van der Waals surface area (Å²) in [5, 5.41) is 0. The van der Waals surface area contributed by atoms with Gasteiger partial charge < -0.3 is 28.6 Å². The Morgan fingerprint density at radius 3 is 2.45 bits per heavy atom. The van der Waals surface area contributed by atoms with Crippen LogP contribution in [0.15, 0.2) is 30.3 Å². The van der Waals surface area contributed by atoms with E-state index in [9.17, 15) is 9.59 Å². The number of carbonyl (C=O) groups excluding carboxylic acids is 2. The predicted octanol–water partition coefficient (Wildman–Crippen LogP) is -2.62. The number of rotatable bonds is 5. The van der Waals surface area contributed by atoms with E-state index in [1.165, 1.54) is 0 Å². The van der Waals surface area contributed by atoms with E-state index < -0.39 is 12.1 Å². The molecule has 5 N–H and O–H groups in total. The number of carbonyl (C=O) groups is 2. The van der Waals surface area contributed by atoms with Gasteiger partial charge in [-0.25, -0.2) is 14.5 Å². The van der Waals surface area contributed by atoms with Gasteiger partial charge in [-0.05, 0) is 12.5 Å². The van der Waals surface area contributed by atoms with E-state index in [1.807, 2.05) is 30.3 Å². The van der Waals surface area contributed by atoms with Crippen LogP contribution in [0.1, 0.15) is 12.5 Å². The first-order valence-corrected chi connectivity index (χ1v) is 6.15. The number of hydrogen-bond donors (Lipinski definition) is 2. The van der Waals surface area contributed by atoms with Gasteiger partial charge in [0.05, 0.1) is 0 Å². The third-order valence-electron chi connectivity index (χ3n) is 2.61. The van der Waals surface area contributed by atoms with Crippen molar-refractivity contribution in [1.29, 1.82) is 0 Å². The van der Waals surface area contributed by atoms with Crippen molar-refractivity contribution >= 4 is 12.1 Å².